The van der Waals surface area contributed by atoms with Gasteiger partial charge in [-0.3, -0.25) is 0 Å². The van der Waals surface area contributed by atoms with Crippen molar-refractivity contribution in [1.29, 1.82) is 0 Å². The van der Waals surface area contributed by atoms with Gasteiger partial charge < -0.3 is 10.3 Å². The van der Waals surface area contributed by atoms with Crippen molar-refractivity contribution in [3.63, 3.8) is 0 Å². The number of aryl methyl sites for hydroxylation is 2. The van der Waals surface area contributed by atoms with E-state index < -0.39 is 0 Å². The molecule has 1 heterocycles. The van der Waals surface area contributed by atoms with Crippen molar-refractivity contribution in [2.24, 2.45) is 5.73 Å². The lowest BCUT2D eigenvalue weighted by Gasteiger charge is -1.88. The molecule has 0 amide bonds. The topological polar surface area (TPSA) is 64.9 Å². The van der Waals surface area contributed by atoms with Crippen LogP contribution in [0.2, 0.25) is 0 Å². The lowest BCUT2D eigenvalue weighted by atomic mass is 10.3. The Morgan fingerprint density at radius 3 is 2.92 bits per heavy atom. The molecule has 0 spiro atoms. The zero-order valence-corrected chi connectivity index (χ0v) is 7.42. The van der Waals surface area contributed by atoms with E-state index in [-0.39, 0.29) is 0 Å². The SMILES string of the molecule is CCCc1nc(CCCN)no1. The van der Waals surface area contributed by atoms with Gasteiger partial charge in [0.1, 0.15) is 0 Å². The Hall–Kier alpha value is -0.900. The normalized spacial score (nSPS) is 10.5. The molecule has 0 radical (unpaired) electrons. The molecule has 0 bridgehead atoms. The molecule has 0 saturated heterocycles. The van der Waals surface area contributed by atoms with Crippen LogP contribution in [0.15, 0.2) is 4.52 Å². The summed E-state index contributed by atoms with van der Waals surface area (Å²) in [6.45, 7) is 2.77. The van der Waals surface area contributed by atoms with Gasteiger partial charge in [-0.25, -0.2) is 0 Å². The summed E-state index contributed by atoms with van der Waals surface area (Å²) in [7, 11) is 0. The van der Waals surface area contributed by atoms with Crippen LogP contribution in [0.3, 0.4) is 0 Å². The highest BCUT2D eigenvalue weighted by Crippen LogP contribution is 2.01. The van der Waals surface area contributed by atoms with Crippen molar-refractivity contribution in [2.45, 2.75) is 32.6 Å². The fourth-order valence-corrected chi connectivity index (χ4v) is 0.967. The van der Waals surface area contributed by atoms with Crippen molar-refractivity contribution in [1.82, 2.24) is 10.1 Å². The van der Waals surface area contributed by atoms with Gasteiger partial charge in [0.2, 0.25) is 5.89 Å². The molecule has 4 nitrogen and oxygen atoms in total. The fourth-order valence-electron chi connectivity index (χ4n) is 0.967. The average Bonchev–Trinajstić information content (AvgIpc) is 2.50. The van der Waals surface area contributed by atoms with Crippen LogP contribution >= 0.6 is 0 Å². The van der Waals surface area contributed by atoms with E-state index in [9.17, 15) is 0 Å². The lowest BCUT2D eigenvalue weighted by Crippen LogP contribution is -2.01. The Kier molecular flexibility index (Phi) is 3.73. The average molecular weight is 169 g/mol. The van der Waals surface area contributed by atoms with Crippen LogP contribution in [0.4, 0.5) is 0 Å². The molecule has 0 fully saturated rings. The largest absolute Gasteiger partial charge is 0.339 e. The van der Waals surface area contributed by atoms with Gasteiger partial charge in [-0.1, -0.05) is 12.1 Å². The number of nitrogens with zero attached hydrogens (tertiary/aromatic N) is 2. The maximum Gasteiger partial charge on any atom is 0.226 e. The van der Waals surface area contributed by atoms with Crippen molar-refractivity contribution < 1.29 is 4.52 Å². The van der Waals surface area contributed by atoms with Crippen LogP contribution in [0, 0.1) is 0 Å². The van der Waals surface area contributed by atoms with E-state index >= 15 is 0 Å². The van der Waals surface area contributed by atoms with Gasteiger partial charge in [-0.2, -0.15) is 4.98 Å². The number of hydrogen-bond donors (Lipinski definition) is 1. The Bertz CT molecular complexity index is 222. The standard InChI is InChI=1S/C8H15N3O/c1-2-4-8-10-7(11-12-8)5-3-6-9/h2-6,9H2,1H3. The van der Waals surface area contributed by atoms with Gasteiger partial charge in [0.05, 0.1) is 0 Å². The maximum absolute atomic E-state index is 5.36. The number of rotatable bonds is 5. The van der Waals surface area contributed by atoms with Gasteiger partial charge in [-0.15, -0.1) is 0 Å². The van der Waals surface area contributed by atoms with E-state index in [1.54, 1.807) is 0 Å². The van der Waals surface area contributed by atoms with E-state index in [1.165, 1.54) is 0 Å². The van der Waals surface area contributed by atoms with Gasteiger partial charge >= 0.3 is 0 Å². The molecule has 0 aliphatic heterocycles. The monoisotopic (exact) mass is 169 g/mol. The lowest BCUT2D eigenvalue weighted by molar-refractivity contribution is 0.371. The minimum absolute atomic E-state index is 0.678. The molecule has 0 aliphatic carbocycles. The predicted octanol–water partition coefficient (Wildman–Crippen LogP) is 0.913. The van der Waals surface area contributed by atoms with E-state index in [2.05, 4.69) is 17.1 Å². The molecule has 2 N–H and O–H groups in total. The van der Waals surface area contributed by atoms with Crippen LogP contribution in [-0.2, 0) is 12.8 Å². The summed E-state index contributed by atoms with van der Waals surface area (Å²) in [5.41, 5.74) is 5.36. The first-order chi connectivity index (χ1) is 5.86. The zero-order valence-electron chi connectivity index (χ0n) is 7.42. The number of aromatic nitrogens is 2. The van der Waals surface area contributed by atoms with Crippen molar-refractivity contribution >= 4 is 0 Å². The number of hydrogen-bond acceptors (Lipinski definition) is 4. The highest BCUT2D eigenvalue weighted by atomic mass is 16.5. The van der Waals surface area contributed by atoms with E-state index in [0.29, 0.717) is 6.54 Å². The van der Waals surface area contributed by atoms with Crippen molar-refractivity contribution in [3.05, 3.63) is 11.7 Å². The van der Waals surface area contributed by atoms with Crippen LogP contribution in [0.1, 0.15) is 31.5 Å². The third kappa shape index (κ3) is 2.62. The number of nitrogens with two attached hydrogens (primary N) is 1. The first kappa shape index (κ1) is 9.19. The first-order valence-electron chi connectivity index (χ1n) is 4.38. The summed E-state index contributed by atoms with van der Waals surface area (Å²) < 4.78 is 5.00. The molecule has 0 unspecified atom stereocenters. The quantitative estimate of drug-likeness (QED) is 0.711. The molecule has 1 rings (SSSR count). The van der Waals surface area contributed by atoms with Crippen LogP contribution in [0.25, 0.3) is 0 Å². The second kappa shape index (κ2) is 4.87. The van der Waals surface area contributed by atoms with E-state index in [0.717, 1.165) is 37.4 Å². The fraction of sp³-hybridized carbons (Fsp3) is 0.750. The summed E-state index contributed by atoms with van der Waals surface area (Å²) >= 11 is 0. The second-order valence-electron chi connectivity index (χ2n) is 2.75. The molecule has 0 atom stereocenters. The Morgan fingerprint density at radius 1 is 1.42 bits per heavy atom. The molecular weight excluding hydrogens is 154 g/mol. The molecule has 0 aliphatic rings. The molecule has 0 saturated carbocycles. The zero-order chi connectivity index (χ0) is 8.81. The van der Waals surface area contributed by atoms with E-state index in [1.807, 2.05) is 0 Å². The third-order valence-corrected chi connectivity index (χ3v) is 1.58. The summed E-state index contributed by atoms with van der Waals surface area (Å²) in [5.74, 6) is 1.52. The predicted molar refractivity (Wildman–Crippen MR) is 45.7 cm³/mol. The molecular formula is C8H15N3O. The third-order valence-electron chi connectivity index (χ3n) is 1.58. The van der Waals surface area contributed by atoms with Crippen molar-refractivity contribution in [3.8, 4) is 0 Å². The molecule has 1 aromatic rings. The Morgan fingerprint density at radius 2 is 2.25 bits per heavy atom. The first-order valence-corrected chi connectivity index (χ1v) is 4.38. The second-order valence-corrected chi connectivity index (χ2v) is 2.75. The summed E-state index contributed by atoms with van der Waals surface area (Å²) in [6, 6.07) is 0. The van der Waals surface area contributed by atoms with Gasteiger partial charge in [0, 0.05) is 12.8 Å². The van der Waals surface area contributed by atoms with Gasteiger partial charge in [0.15, 0.2) is 5.82 Å². The van der Waals surface area contributed by atoms with Crippen LogP contribution < -0.4 is 5.73 Å². The highest BCUT2D eigenvalue weighted by molar-refractivity contribution is 4.86. The molecule has 12 heavy (non-hydrogen) atoms. The molecule has 0 aromatic carbocycles. The highest BCUT2D eigenvalue weighted by Gasteiger charge is 2.03. The summed E-state index contributed by atoms with van der Waals surface area (Å²) in [4.78, 5) is 4.20. The van der Waals surface area contributed by atoms with Crippen molar-refractivity contribution in [2.75, 3.05) is 6.54 Å². The van der Waals surface area contributed by atoms with Gasteiger partial charge in [-0.05, 0) is 19.4 Å². The van der Waals surface area contributed by atoms with Crippen LogP contribution in [0.5, 0.6) is 0 Å². The van der Waals surface area contributed by atoms with Crippen LogP contribution in [-0.4, -0.2) is 16.7 Å². The van der Waals surface area contributed by atoms with Gasteiger partial charge in [0.25, 0.3) is 0 Å². The minimum atomic E-state index is 0.678. The minimum Gasteiger partial charge on any atom is -0.339 e. The maximum atomic E-state index is 5.36. The summed E-state index contributed by atoms with van der Waals surface area (Å²) in [5, 5.41) is 3.83. The van der Waals surface area contributed by atoms with E-state index in [4.69, 9.17) is 10.3 Å². The molecule has 4 heteroatoms. The Labute approximate surface area is 72.1 Å². The smallest absolute Gasteiger partial charge is 0.226 e. The Balaban J connectivity index is 2.41. The summed E-state index contributed by atoms with van der Waals surface area (Å²) in [6.07, 6.45) is 3.66. The molecule has 1 aromatic heterocycles. The molecule has 68 valence electrons.